The van der Waals surface area contributed by atoms with Gasteiger partial charge in [-0.3, -0.25) is 19.5 Å². The van der Waals surface area contributed by atoms with Crippen LogP contribution in [0.5, 0.6) is 0 Å². The van der Waals surface area contributed by atoms with E-state index >= 15 is 0 Å². The van der Waals surface area contributed by atoms with Crippen molar-refractivity contribution >= 4 is 17.8 Å². The molecule has 2 heterocycles. The summed E-state index contributed by atoms with van der Waals surface area (Å²) in [5.74, 6) is 0.755. The van der Waals surface area contributed by atoms with Crippen LogP contribution < -0.4 is 5.32 Å². The summed E-state index contributed by atoms with van der Waals surface area (Å²) in [5.41, 5.74) is 3.87. The van der Waals surface area contributed by atoms with Gasteiger partial charge in [0.05, 0.1) is 11.8 Å². The van der Waals surface area contributed by atoms with E-state index in [0.29, 0.717) is 31.4 Å². The SMILES string of the molecule is CC(C)CC(=O)N(CC(=O)Nc1nc(-c2ccccc2)cn1-c1ccc(C(C)C)cc1)CC1CCCO1. The van der Waals surface area contributed by atoms with E-state index < -0.39 is 0 Å². The first-order chi connectivity index (χ1) is 17.8. The highest BCUT2D eigenvalue weighted by Gasteiger charge is 2.25. The van der Waals surface area contributed by atoms with Crippen molar-refractivity contribution in [3.8, 4) is 16.9 Å². The first kappa shape index (κ1) is 26.6. The molecule has 1 aromatic heterocycles. The summed E-state index contributed by atoms with van der Waals surface area (Å²) in [5, 5.41) is 2.98. The number of hydrogen-bond donors (Lipinski definition) is 1. The number of nitrogens with zero attached hydrogens (tertiary/aromatic N) is 3. The maximum Gasteiger partial charge on any atom is 0.246 e. The zero-order chi connectivity index (χ0) is 26.4. The molecule has 0 aliphatic carbocycles. The third-order valence-corrected chi connectivity index (χ3v) is 6.58. The number of aromatic nitrogens is 2. The molecule has 37 heavy (non-hydrogen) atoms. The van der Waals surface area contributed by atoms with E-state index in [1.165, 1.54) is 5.56 Å². The third-order valence-electron chi connectivity index (χ3n) is 6.58. The fourth-order valence-corrected chi connectivity index (χ4v) is 4.54. The number of anilines is 1. The van der Waals surface area contributed by atoms with Crippen molar-refractivity contribution in [3.05, 3.63) is 66.4 Å². The Balaban J connectivity index is 1.58. The summed E-state index contributed by atoms with van der Waals surface area (Å²) in [6.07, 6.45) is 4.20. The lowest BCUT2D eigenvalue weighted by Crippen LogP contribution is -2.42. The molecule has 3 aromatic rings. The van der Waals surface area contributed by atoms with Crippen LogP contribution in [0.25, 0.3) is 16.9 Å². The van der Waals surface area contributed by atoms with Gasteiger partial charge in [0.1, 0.15) is 6.54 Å². The van der Waals surface area contributed by atoms with Gasteiger partial charge in [-0.05, 0) is 42.4 Å². The molecule has 4 rings (SSSR count). The zero-order valence-electron chi connectivity index (χ0n) is 22.3. The van der Waals surface area contributed by atoms with Gasteiger partial charge in [-0.1, -0.05) is 70.2 Å². The molecule has 0 radical (unpaired) electrons. The zero-order valence-corrected chi connectivity index (χ0v) is 22.3. The Labute approximate surface area is 219 Å². The topological polar surface area (TPSA) is 76.5 Å². The maximum absolute atomic E-state index is 13.3. The van der Waals surface area contributed by atoms with Crippen LogP contribution in [0.1, 0.15) is 58.4 Å². The lowest BCUT2D eigenvalue weighted by molar-refractivity contribution is -0.136. The van der Waals surface area contributed by atoms with Gasteiger partial charge >= 0.3 is 0 Å². The smallest absolute Gasteiger partial charge is 0.246 e. The van der Waals surface area contributed by atoms with Crippen LogP contribution >= 0.6 is 0 Å². The maximum atomic E-state index is 13.3. The molecule has 7 heteroatoms. The molecular weight excluding hydrogens is 464 g/mol. The fourth-order valence-electron chi connectivity index (χ4n) is 4.54. The first-order valence-electron chi connectivity index (χ1n) is 13.2. The lowest BCUT2D eigenvalue weighted by Gasteiger charge is -2.25. The second-order valence-corrected chi connectivity index (χ2v) is 10.5. The molecule has 1 unspecified atom stereocenters. The van der Waals surface area contributed by atoms with Gasteiger partial charge in [-0.2, -0.15) is 0 Å². The summed E-state index contributed by atoms with van der Waals surface area (Å²) < 4.78 is 7.65. The largest absolute Gasteiger partial charge is 0.376 e. The highest BCUT2D eigenvalue weighted by Crippen LogP contribution is 2.26. The normalized spacial score (nSPS) is 15.4. The van der Waals surface area contributed by atoms with E-state index in [4.69, 9.17) is 9.72 Å². The molecule has 2 aromatic carbocycles. The second-order valence-electron chi connectivity index (χ2n) is 10.5. The molecular formula is C30H38N4O3. The van der Waals surface area contributed by atoms with Gasteiger partial charge in [-0.15, -0.1) is 0 Å². The standard InChI is InChI=1S/C30H38N4O3/c1-21(2)17-29(36)33(18-26-11-8-16-37-26)20-28(35)32-30-31-27(24-9-6-5-7-10-24)19-34(30)25-14-12-23(13-15-25)22(3)4/h5-7,9-10,12-15,19,21-22,26H,8,11,16-18,20H2,1-4H3,(H,31,32,35). The molecule has 196 valence electrons. The van der Waals surface area contributed by atoms with Gasteiger partial charge in [0.25, 0.3) is 0 Å². The Kier molecular flexibility index (Phi) is 8.77. The highest BCUT2D eigenvalue weighted by atomic mass is 16.5. The van der Waals surface area contributed by atoms with Crippen molar-refractivity contribution in [2.24, 2.45) is 5.92 Å². The van der Waals surface area contributed by atoms with Crippen LogP contribution in [-0.2, 0) is 14.3 Å². The predicted molar refractivity (Wildman–Crippen MR) is 147 cm³/mol. The van der Waals surface area contributed by atoms with Crippen molar-refractivity contribution in [1.82, 2.24) is 14.5 Å². The first-order valence-corrected chi connectivity index (χ1v) is 13.2. The number of rotatable bonds is 10. The van der Waals surface area contributed by atoms with Crippen LogP contribution in [-0.4, -0.2) is 52.1 Å². The van der Waals surface area contributed by atoms with E-state index in [1.807, 2.05) is 67.1 Å². The van der Waals surface area contributed by atoms with Gasteiger partial charge in [0.2, 0.25) is 17.8 Å². The van der Waals surface area contributed by atoms with E-state index in [-0.39, 0.29) is 30.4 Å². The monoisotopic (exact) mass is 502 g/mol. The van der Waals surface area contributed by atoms with Crippen LogP contribution in [0.15, 0.2) is 60.8 Å². The summed E-state index contributed by atoms with van der Waals surface area (Å²) in [7, 11) is 0. The molecule has 1 fully saturated rings. The van der Waals surface area contributed by atoms with E-state index in [2.05, 4.69) is 31.3 Å². The van der Waals surface area contributed by atoms with E-state index in [0.717, 1.165) is 29.8 Å². The van der Waals surface area contributed by atoms with Crippen LogP contribution in [0.4, 0.5) is 5.95 Å². The summed E-state index contributed by atoms with van der Waals surface area (Å²) in [6.45, 7) is 9.44. The number of nitrogens with one attached hydrogen (secondary N) is 1. The number of hydrogen-bond acceptors (Lipinski definition) is 4. The number of imidazole rings is 1. The molecule has 1 aliphatic heterocycles. The summed E-state index contributed by atoms with van der Waals surface area (Å²) in [6, 6.07) is 18.2. The quantitative estimate of drug-likeness (QED) is 0.388. The molecule has 1 N–H and O–H groups in total. The Morgan fingerprint density at radius 1 is 1.08 bits per heavy atom. The van der Waals surface area contributed by atoms with Crippen molar-refractivity contribution in [1.29, 1.82) is 0 Å². The minimum atomic E-state index is -0.277. The minimum Gasteiger partial charge on any atom is -0.376 e. The lowest BCUT2D eigenvalue weighted by atomic mass is 10.0. The molecule has 1 saturated heterocycles. The van der Waals surface area contributed by atoms with Crippen LogP contribution in [0, 0.1) is 5.92 Å². The molecule has 1 atom stereocenters. The fraction of sp³-hybridized carbons (Fsp3) is 0.433. The Morgan fingerprint density at radius 3 is 2.43 bits per heavy atom. The Morgan fingerprint density at radius 2 is 1.81 bits per heavy atom. The molecule has 0 bridgehead atoms. The van der Waals surface area contributed by atoms with Crippen molar-refractivity contribution in [2.45, 2.75) is 59.0 Å². The van der Waals surface area contributed by atoms with E-state index in [9.17, 15) is 9.59 Å². The van der Waals surface area contributed by atoms with Crippen LogP contribution in [0.2, 0.25) is 0 Å². The number of benzene rings is 2. The van der Waals surface area contributed by atoms with Crippen molar-refractivity contribution in [3.63, 3.8) is 0 Å². The molecule has 2 amide bonds. The molecule has 0 saturated carbocycles. The number of ether oxygens (including phenoxy) is 1. The molecule has 7 nitrogen and oxygen atoms in total. The molecule has 1 aliphatic rings. The predicted octanol–water partition coefficient (Wildman–Crippen LogP) is 5.65. The highest BCUT2D eigenvalue weighted by molar-refractivity contribution is 5.94. The Bertz CT molecular complexity index is 1180. The second kappa shape index (κ2) is 12.2. The average molecular weight is 503 g/mol. The van der Waals surface area contributed by atoms with Crippen molar-refractivity contribution < 1.29 is 14.3 Å². The van der Waals surface area contributed by atoms with Gasteiger partial charge in [0, 0.05) is 37.0 Å². The van der Waals surface area contributed by atoms with Gasteiger partial charge in [-0.25, -0.2) is 4.98 Å². The average Bonchev–Trinajstić information content (AvgIpc) is 3.54. The minimum absolute atomic E-state index is 0.0185. The Hall–Kier alpha value is -3.45. The summed E-state index contributed by atoms with van der Waals surface area (Å²) >= 11 is 0. The third kappa shape index (κ3) is 7.07. The van der Waals surface area contributed by atoms with Gasteiger partial charge in [0.15, 0.2) is 0 Å². The summed E-state index contributed by atoms with van der Waals surface area (Å²) in [4.78, 5) is 32.6. The van der Waals surface area contributed by atoms with Crippen LogP contribution in [0.3, 0.4) is 0 Å². The molecule has 0 spiro atoms. The number of carbonyl (C=O) groups excluding carboxylic acids is 2. The van der Waals surface area contributed by atoms with Crippen molar-refractivity contribution in [2.75, 3.05) is 25.0 Å². The van der Waals surface area contributed by atoms with E-state index in [1.54, 1.807) is 4.90 Å². The van der Waals surface area contributed by atoms with Gasteiger partial charge < -0.3 is 9.64 Å². The number of amides is 2. The number of carbonyl (C=O) groups is 2.